The molecule has 0 heterocycles. The summed E-state index contributed by atoms with van der Waals surface area (Å²) < 4.78 is 0. The third kappa shape index (κ3) is 7.08. The fourth-order valence-corrected chi connectivity index (χ4v) is 1.72. The number of carbonyl (C=O) groups excluding carboxylic acids is 2. The highest BCUT2D eigenvalue weighted by atomic mass is 16.4. The Morgan fingerprint density at radius 1 is 1.24 bits per heavy atom. The molecule has 0 aromatic rings. The number of nitrogens with zero attached hydrogens (tertiary/aromatic N) is 1. The van der Waals surface area contributed by atoms with E-state index in [4.69, 9.17) is 10.8 Å². The second kappa shape index (κ2) is 7.97. The lowest BCUT2D eigenvalue weighted by Gasteiger charge is -2.35. The Morgan fingerprint density at radius 3 is 2.14 bits per heavy atom. The predicted octanol–water partition coefficient (Wildman–Crippen LogP) is 0.188. The number of carboxylic acid groups (broad SMARTS) is 1. The minimum absolute atomic E-state index is 0.0224. The number of nitrogens with one attached hydrogen (secondary N) is 1. The van der Waals surface area contributed by atoms with Crippen molar-refractivity contribution in [3.8, 4) is 0 Å². The summed E-state index contributed by atoms with van der Waals surface area (Å²) >= 11 is 0. The zero-order valence-electron chi connectivity index (χ0n) is 13.5. The number of hydrogen-bond acceptors (Lipinski definition) is 4. The third-order valence-electron chi connectivity index (χ3n) is 3.09. The molecule has 0 unspecified atom stereocenters. The molecule has 0 spiro atoms. The molecule has 21 heavy (non-hydrogen) atoms. The molecule has 4 N–H and O–H groups in total. The molecule has 0 saturated carbocycles. The zero-order valence-corrected chi connectivity index (χ0v) is 13.5. The summed E-state index contributed by atoms with van der Waals surface area (Å²) in [5.74, 6) is -1.70. The topological polar surface area (TPSA) is 113 Å². The summed E-state index contributed by atoms with van der Waals surface area (Å²) in [6.45, 7) is 9.00. The lowest BCUT2D eigenvalue weighted by molar-refractivity contribution is -0.141. The minimum atomic E-state index is -0.970. The number of nitrogens with two attached hydrogens (primary N) is 1. The molecule has 0 aromatic carbocycles. The fraction of sp³-hybridized carbons (Fsp3) is 0.786. The maximum atomic E-state index is 12.2. The molecule has 0 rings (SSSR count). The Morgan fingerprint density at radius 2 is 1.76 bits per heavy atom. The van der Waals surface area contributed by atoms with E-state index < -0.39 is 17.6 Å². The molecule has 122 valence electrons. The highest BCUT2D eigenvalue weighted by Gasteiger charge is 2.27. The molecular weight excluding hydrogens is 274 g/mol. The van der Waals surface area contributed by atoms with Crippen LogP contribution >= 0.6 is 0 Å². The predicted molar refractivity (Wildman–Crippen MR) is 79.5 cm³/mol. The van der Waals surface area contributed by atoms with Gasteiger partial charge in [-0.3, -0.25) is 14.4 Å². The quantitative estimate of drug-likeness (QED) is 0.621. The van der Waals surface area contributed by atoms with Crippen LogP contribution in [0.4, 0.5) is 0 Å². The van der Waals surface area contributed by atoms with Gasteiger partial charge < -0.3 is 21.1 Å². The average molecular weight is 301 g/mol. The van der Waals surface area contributed by atoms with E-state index in [1.807, 2.05) is 34.6 Å². The van der Waals surface area contributed by atoms with Gasteiger partial charge >= 0.3 is 5.97 Å². The van der Waals surface area contributed by atoms with Crippen LogP contribution in [-0.4, -0.2) is 52.5 Å². The smallest absolute Gasteiger partial charge is 0.305 e. The number of aliphatic carboxylic acids is 1. The molecule has 0 fully saturated rings. The van der Waals surface area contributed by atoms with Crippen molar-refractivity contribution in [2.24, 2.45) is 11.7 Å². The van der Waals surface area contributed by atoms with Crippen molar-refractivity contribution in [2.75, 3.05) is 13.1 Å². The number of carbonyl (C=O) groups is 3. The summed E-state index contributed by atoms with van der Waals surface area (Å²) in [4.78, 5) is 36.0. The van der Waals surface area contributed by atoms with E-state index >= 15 is 0 Å². The van der Waals surface area contributed by atoms with E-state index in [0.29, 0.717) is 0 Å². The maximum Gasteiger partial charge on any atom is 0.305 e. The monoisotopic (exact) mass is 301 g/mol. The van der Waals surface area contributed by atoms with Gasteiger partial charge in [-0.25, -0.2) is 0 Å². The van der Waals surface area contributed by atoms with E-state index in [1.165, 1.54) is 4.90 Å². The van der Waals surface area contributed by atoms with Crippen LogP contribution in [0.3, 0.4) is 0 Å². The summed E-state index contributed by atoms with van der Waals surface area (Å²) in [7, 11) is 0. The first kappa shape index (κ1) is 19.4. The number of amides is 2. The van der Waals surface area contributed by atoms with E-state index in [2.05, 4.69) is 5.32 Å². The summed E-state index contributed by atoms with van der Waals surface area (Å²) in [5.41, 5.74) is 5.18. The normalized spacial score (nSPS) is 12.9. The molecule has 7 heteroatoms. The Hall–Kier alpha value is -1.63. The largest absolute Gasteiger partial charge is 0.481 e. The molecule has 0 aromatic heterocycles. The van der Waals surface area contributed by atoms with Gasteiger partial charge in [0.1, 0.15) is 0 Å². The van der Waals surface area contributed by atoms with Crippen molar-refractivity contribution >= 4 is 17.8 Å². The molecule has 7 nitrogen and oxygen atoms in total. The van der Waals surface area contributed by atoms with Crippen molar-refractivity contribution in [3.63, 3.8) is 0 Å². The number of rotatable bonds is 7. The first-order valence-corrected chi connectivity index (χ1v) is 7.02. The molecule has 0 aliphatic rings. The van der Waals surface area contributed by atoms with Crippen LogP contribution in [0.15, 0.2) is 0 Å². The Kier molecular flexibility index (Phi) is 7.35. The molecule has 0 aliphatic heterocycles. The standard InChI is InChI=1S/C14H27N3O4/c1-9(2)12(15)13(21)16-8-10(18)17(14(3,4)5)7-6-11(19)20/h9,12H,6-8,15H2,1-5H3,(H,16,21)(H,19,20)/t12-/m0/s1. The summed E-state index contributed by atoms with van der Waals surface area (Å²) in [5, 5.41) is 11.2. The molecular formula is C14H27N3O4. The van der Waals surface area contributed by atoms with Gasteiger partial charge in [-0.15, -0.1) is 0 Å². The van der Waals surface area contributed by atoms with Gasteiger partial charge in [0, 0.05) is 12.1 Å². The summed E-state index contributed by atoms with van der Waals surface area (Å²) in [6.07, 6.45) is -0.136. The van der Waals surface area contributed by atoms with Gasteiger partial charge in [-0.2, -0.15) is 0 Å². The van der Waals surface area contributed by atoms with Crippen molar-refractivity contribution in [1.82, 2.24) is 10.2 Å². The zero-order chi connectivity index (χ0) is 16.8. The van der Waals surface area contributed by atoms with Crippen molar-refractivity contribution in [3.05, 3.63) is 0 Å². The lowest BCUT2D eigenvalue weighted by Crippen LogP contribution is -2.52. The van der Waals surface area contributed by atoms with Crippen LogP contribution in [0, 0.1) is 5.92 Å². The van der Waals surface area contributed by atoms with Crippen molar-refractivity contribution in [1.29, 1.82) is 0 Å². The molecule has 0 aliphatic carbocycles. The lowest BCUT2D eigenvalue weighted by atomic mass is 10.0. The van der Waals surface area contributed by atoms with Crippen LogP contribution in [0.25, 0.3) is 0 Å². The highest BCUT2D eigenvalue weighted by molar-refractivity contribution is 5.87. The highest BCUT2D eigenvalue weighted by Crippen LogP contribution is 2.13. The van der Waals surface area contributed by atoms with Crippen LogP contribution < -0.4 is 11.1 Å². The van der Waals surface area contributed by atoms with Crippen molar-refractivity contribution < 1.29 is 19.5 Å². The third-order valence-corrected chi connectivity index (χ3v) is 3.09. The van der Waals surface area contributed by atoms with Crippen LogP contribution in [0.5, 0.6) is 0 Å². The maximum absolute atomic E-state index is 12.2. The fourth-order valence-electron chi connectivity index (χ4n) is 1.72. The number of hydrogen-bond donors (Lipinski definition) is 3. The van der Waals surface area contributed by atoms with Gasteiger partial charge in [0.2, 0.25) is 11.8 Å². The van der Waals surface area contributed by atoms with Crippen LogP contribution in [-0.2, 0) is 14.4 Å². The van der Waals surface area contributed by atoms with Gasteiger partial charge in [0.15, 0.2) is 0 Å². The van der Waals surface area contributed by atoms with Crippen molar-refractivity contribution in [2.45, 2.75) is 52.6 Å². The Bertz CT molecular complexity index is 388. The first-order valence-electron chi connectivity index (χ1n) is 7.02. The molecule has 1 atom stereocenters. The van der Waals surface area contributed by atoms with E-state index in [9.17, 15) is 14.4 Å². The van der Waals surface area contributed by atoms with Gasteiger partial charge in [-0.1, -0.05) is 13.8 Å². The van der Waals surface area contributed by atoms with E-state index in [-0.39, 0.29) is 37.2 Å². The first-order chi connectivity index (χ1) is 9.46. The Balaban J connectivity index is 4.62. The molecule has 0 saturated heterocycles. The Labute approximate surface area is 125 Å². The van der Waals surface area contributed by atoms with E-state index in [0.717, 1.165) is 0 Å². The summed E-state index contributed by atoms with van der Waals surface area (Å²) in [6, 6.07) is -0.667. The second-order valence-electron chi connectivity index (χ2n) is 6.35. The van der Waals surface area contributed by atoms with Crippen LogP contribution in [0.1, 0.15) is 41.0 Å². The van der Waals surface area contributed by atoms with Gasteiger partial charge in [0.05, 0.1) is 19.0 Å². The number of carboxylic acids is 1. The SMILES string of the molecule is CC(C)[C@H](N)C(=O)NCC(=O)N(CCC(=O)O)C(C)(C)C. The average Bonchev–Trinajstić information content (AvgIpc) is 2.32. The van der Waals surface area contributed by atoms with Crippen LogP contribution in [0.2, 0.25) is 0 Å². The molecule has 2 amide bonds. The van der Waals surface area contributed by atoms with Gasteiger partial charge in [0.25, 0.3) is 0 Å². The molecule has 0 bridgehead atoms. The molecule has 0 radical (unpaired) electrons. The second-order valence-corrected chi connectivity index (χ2v) is 6.35. The van der Waals surface area contributed by atoms with E-state index in [1.54, 1.807) is 0 Å². The van der Waals surface area contributed by atoms with Gasteiger partial charge in [-0.05, 0) is 26.7 Å². The minimum Gasteiger partial charge on any atom is -0.481 e.